The minimum Gasteiger partial charge on any atom is -0.325 e. The lowest BCUT2D eigenvalue weighted by Gasteiger charge is -2.12. The number of hydrogen-bond acceptors (Lipinski definition) is 5. The molecule has 0 bridgehead atoms. The van der Waals surface area contributed by atoms with Gasteiger partial charge >= 0.3 is 0 Å². The highest BCUT2D eigenvalue weighted by Crippen LogP contribution is 2.25. The third-order valence-corrected chi connectivity index (χ3v) is 7.04. The van der Waals surface area contributed by atoms with Gasteiger partial charge < -0.3 is 16.0 Å². The SMILES string of the molecule is O=C(CSc1cccc(NC(=O)/C(=C/c2cccnc2)NC(=O)c2ccccc2)c1)Nc1cccc2ccccc12. The minimum absolute atomic E-state index is 0.0689. The van der Waals surface area contributed by atoms with Gasteiger partial charge in [0.15, 0.2) is 0 Å². The van der Waals surface area contributed by atoms with Crippen molar-refractivity contribution in [3.8, 4) is 0 Å². The Morgan fingerprint density at radius 3 is 2.39 bits per heavy atom. The van der Waals surface area contributed by atoms with Crippen molar-refractivity contribution in [3.05, 3.63) is 138 Å². The first-order chi connectivity index (χ1) is 20.0. The molecule has 202 valence electrons. The smallest absolute Gasteiger partial charge is 0.272 e. The second kappa shape index (κ2) is 13.2. The summed E-state index contributed by atoms with van der Waals surface area (Å²) in [5, 5.41) is 10.6. The first-order valence-corrected chi connectivity index (χ1v) is 13.8. The molecule has 0 radical (unpaired) electrons. The molecule has 0 unspecified atom stereocenters. The summed E-state index contributed by atoms with van der Waals surface area (Å²) in [5.74, 6) is -0.836. The highest BCUT2D eigenvalue weighted by Gasteiger charge is 2.15. The Hall–Kier alpha value is -5.21. The number of hydrogen-bond donors (Lipinski definition) is 3. The molecule has 3 amide bonds. The van der Waals surface area contributed by atoms with Crippen molar-refractivity contribution in [1.82, 2.24) is 10.3 Å². The monoisotopic (exact) mass is 558 g/mol. The predicted octanol–water partition coefficient (Wildman–Crippen LogP) is 6.38. The van der Waals surface area contributed by atoms with Crippen LogP contribution in [0.5, 0.6) is 0 Å². The third kappa shape index (κ3) is 7.46. The number of nitrogens with zero attached hydrogens (tertiary/aromatic N) is 1. The molecule has 1 heterocycles. The lowest BCUT2D eigenvalue weighted by atomic mass is 10.1. The van der Waals surface area contributed by atoms with Crippen LogP contribution >= 0.6 is 11.8 Å². The second-order valence-corrected chi connectivity index (χ2v) is 10.1. The van der Waals surface area contributed by atoms with E-state index < -0.39 is 11.8 Å². The van der Waals surface area contributed by atoms with Gasteiger partial charge in [-0.15, -0.1) is 11.8 Å². The molecular formula is C33H26N4O3S. The zero-order valence-electron chi connectivity index (χ0n) is 21.9. The molecule has 0 saturated carbocycles. The van der Waals surface area contributed by atoms with Crippen LogP contribution in [0.4, 0.5) is 11.4 Å². The molecule has 0 fully saturated rings. The van der Waals surface area contributed by atoms with Gasteiger partial charge in [-0.05, 0) is 59.5 Å². The molecule has 4 aromatic carbocycles. The molecule has 1 aromatic heterocycles. The van der Waals surface area contributed by atoms with Gasteiger partial charge in [-0.25, -0.2) is 0 Å². The first kappa shape index (κ1) is 27.4. The van der Waals surface area contributed by atoms with Crippen molar-refractivity contribution < 1.29 is 14.4 Å². The van der Waals surface area contributed by atoms with Crippen LogP contribution in [0.15, 0.2) is 132 Å². The number of carbonyl (C=O) groups is 3. The van der Waals surface area contributed by atoms with Gasteiger partial charge in [0.1, 0.15) is 5.70 Å². The van der Waals surface area contributed by atoms with E-state index in [9.17, 15) is 14.4 Å². The Balaban J connectivity index is 1.25. The number of nitrogens with one attached hydrogen (secondary N) is 3. The maximum Gasteiger partial charge on any atom is 0.272 e. The summed E-state index contributed by atoms with van der Waals surface area (Å²) in [6.07, 6.45) is 4.80. The summed E-state index contributed by atoms with van der Waals surface area (Å²) < 4.78 is 0. The maximum atomic E-state index is 13.3. The van der Waals surface area contributed by atoms with Gasteiger partial charge in [0.25, 0.3) is 11.8 Å². The Labute approximate surface area is 241 Å². The average Bonchev–Trinajstić information content (AvgIpc) is 3.01. The van der Waals surface area contributed by atoms with Crippen LogP contribution < -0.4 is 16.0 Å². The second-order valence-electron chi connectivity index (χ2n) is 9.01. The summed E-state index contributed by atoms with van der Waals surface area (Å²) in [6, 6.07) is 33.1. The van der Waals surface area contributed by atoms with E-state index in [0.29, 0.717) is 16.8 Å². The van der Waals surface area contributed by atoms with E-state index in [1.54, 1.807) is 73.1 Å². The van der Waals surface area contributed by atoms with Crippen LogP contribution in [0.3, 0.4) is 0 Å². The molecule has 0 saturated heterocycles. The van der Waals surface area contributed by atoms with E-state index in [-0.39, 0.29) is 17.4 Å². The Bertz CT molecular complexity index is 1720. The number of rotatable bonds is 9. The zero-order valence-corrected chi connectivity index (χ0v) is 22.7. The minimum atomic E-state index is -0.492. The standard InChI is InChI=1S/C33H26N4O3S/c38-31(36-29-17-6-13-24-10-4-5-16-28(24)29)22-41-27-15-7-14-26(20-27)35-33(40)30(19-23-9-8-18-34-21-23)37-32(39)25-11-2-1-3-12-25/h1-21H,22H2,(H,35,40)(H,36,38)(H,37,39)/b30-19-. The number of aromatic nitrogens is 1. The summed E-state index contributed by atoms with van der Waals surface area (Å²) in [4.78, 5) is 43.7. The van der Waals surface area contributed by atoms with Crippen LogP contribution in [-0.2, 0) is 9.59 Å². The lowest BCUT2D eigenvalue weighted by Crippen LogP contribution is -2.30. The Morgan fingerprint density at radius 1 is 0.780 bits per heavy atom. The van der Waals surface area contributed by atoms with Crippen LogP contribution in [0.25, 0.3) is 16.8 Å². The summed E-state index contributed by atoms with van der Waals surface area (Å²) in [7, 11) is 0. The normalized spacial score (nSPS) is 11.1. The quantitative estimate of drug-likeness (QED) is 0.144. The van der Waals surface area contributed by atoms with Gasteiger partial charge in [0.05, 0.1) is 5.75 Å². The van der Waals surface area contributed by atoms with Gasteiger partial charge in [-0.1, -0.05) is 66.7 Å². The molecule has 0 aliphatic carbocycles. The maximum absolute atomic E-state index is 13.3. The fraction of sp³-hybridized carbons (Fsp3) is 0.0303. The Morgan fingerprint density at radius 2 is 1.56 bits per heavy atom. The molecule has 0 aliphatic rings. The highest BCUT2D eigenvalue weighted by molar-refractivity contribution is 8.00. The molecule has 5 aromatic rings. The third-order valence-electron chi connectivity index (χ3n) is 6.05. The molecule has 0 atom stereocenters. The molecule has 0 aliphatic heterocycles. The number of pyridine rings is 1. The van der Waals surface area contributed by atoms with Gasteiger partial charge in [-0.3, -0.25) is 19.4 Å². The van der Waals surface area contributed by atoms with Crippen molar-refractivity contribution in [1.29, 1.82) is 0 Å². The van der Waals surface area contributed by atoms with Crippen molar-refractivity contribution in [2.24, 2.45) is 0 Å². The molecule has 5 rings (SSSR count). The largest absolute Gasteiger partial charge is 0.325 e. The van der Waals surface area contributed by atoms with E-state index in [4.69, 9.17) is 0 Å². The number of fused-ring (bicyclic) bond motifs is 1. The number of amides is 3. The molecule has 41 heavy (non-hydrogen) atoms. The fourth-order valence-corrected chi connectivity index (χ4v) is 4.86. The number of anilines is 2. The van der Waals surface area contributed by atoms with E-state index in [1.165, 1.54) is 11.8 Å². The zero-order chi connectivity index (χ0) is 28.4. The average molecular weight is 559 g/mol. The van der Waals surface area contributed by atoms with E-state index >= 15 is 0 Å². The van der Waals surface area contributed by atoms with E-state index in [0.717, 1.165) is 21.4 Å². The van der Waals surface area contributed by atoms with Crippen LogP contribution in [-0.4, -0.2) is 28.5 Å². The van der Waals surface area contributed by atoms with Crippen LogP contribution in [0, 0.1) is 0 Å². The van der Waals surface area contributed by atoms with Crippen molar-refractivity contribution in [2.45, 2.75) is 4.90 Å². The number of benzene rings is 4. The molecule has 0 spiro atoms. The highest BCUT2D eigenvalue weighted by atomic mass is 32.2. The lowest BCUT2D eigenvalue weighted by molar-refractivity contribution is -0.114. The van der Waals surface area contributed by atoms with Crippen molar-refractivity contribution >= 4 is 57.7 Å². The summed E-state index contributed by atoms with van der Waals surface area (Å²) in [5.41, 5.74) is 2.45. The van der Waals surface area contributed by atoms with Gasteiger partial charge in [0.2, 0.25) is 5.91 Å². The molecular weight excluding hydrogens is 532 g/mol. The van der Waals surface area contributed by atoms with Crippen LogP contribution in [0.1, 0.15) is 15.9 Å². The van der Waals surface area contributed by atoms with Crippen molar-refractivity contribution in [3.63, 3.8) is 0 Å². The van der Waals surface area contributed by atoms with Crippen LogP contribution in [0.2, 0.25) is 0 Å². The predicted molar refractivity (Wildman–Crippen MR) is 164 cm³/mol. The van der Waals surface area contributed by atoms with Crippen molar-refractivity contribution in [2.75, 3.05) is 16.4 Å². The van der Waals surface area contributed by atoms with Gasteiger partial charge in [-0.2, -0.15) is 0 Å². The summed E-state index contributed by atoms with van der Waals surface area (Å²) >= 11 is 1.36. The number of carbonyl (C=O) groups excluding carboxylic acids is 3. The van der Waals surface area contributed by atoms with E-state index in [2.05, 4.69) is 20.9 Å². The first-order valence-electron chi connectivity index (χ1n) is 12.8. The molecule has 8 heteroatoms. The van der Waals surface area contributed by atoms with Gasteiger partial charge in [0, 0.05) is 39.6 Å². The molecule has 7 nitrogen and oxygen atoms in total. The topological polar surface area (TPSA) is 100 Å². The van der Waals surface area contributed by atoms with E-state index in [1.807, 2.05) is 54.6 Å². The Kier molecular flexibility index (Phi) is 8.83. The molecule has 3 N–H and O–H groups in total. The fourth-order valence-electron chi connectivity index (χ4n) is 4.10. The summed E-state index contributed by atoms with van der Waals surface area (Å²) in [6.45, 7) is 0. The number of thioether (sulfide) groups is 1.